The van der Waals surface area contributed by atoms with E-state index in [2.05, 4.69) is 17.2 Å². The van der Waals surface area contributed by atoms with E-state index in [1.165, 1.54) is 19.3 Å². The molecule has 0 fully saturated rings. The molecule has 0 bridgehead atoms. The fourth-order valence-electron chi connectivity index (χ4n) is 2.31. The van der Waals surface area contributed by atoms with Crippen molar-refractivity contribution in [2.45, 2.75) is 57.9 Å². The fraction of sp³-hybridized carbons (Fsp3) is 0.667. The van der Waals surface area contributed by atoms with Gasteiger partial charge in [-0.2, -0.15) is 0 Å². The predicted molar refractivity (Wildman–Crippen MR) is 99.3 cm³/mol. The Morgan fingerprint density at radius 3 is 2.19 bits per heavy atom. The standard InChI is InChI=1S/C15H28N2O7P2/c1-3-4-5-6-7-8-11-24-13-10-9-12(2)16-14(13)17-15(25(18,19)20)26(21,22)23/h9-10,15H,3-8,11H2,1-2H3,(H,16,17)(H2,18,19,20)(H2,21,22,23). The van der Waals surface area contributed by atoms with Crippen molar-refractivity contribution in [1.29, 1.82) is 0 Å². The number of unbranched alkanes of at least 4 members (excludes halogenated alkanes) is 5. The van der Waals surface area contributed by atoms with Gasteiger partial charge in [0, 0.05) is 5.69 Å². The summed E-state index contributed by atoms with van der Waals surface area (Å²) in [4.78, 5) is 41.0. The van der Waals surface area contributed by atoms with Crippen LogP contribution in [0.2, 0.25) is 0 Å². The predicted octanol–water partition coefficient (Wildman–Crippen LogP) is 3.18. The molecule has 0 aromatic carbocycles. The summed E-state index contributed by atoms with van der Waals surface area (Å²) in [6.45, 7) is 4.17. The third-order valence-electron chi connectivity index (χ3n) is 3.66. The highest BCUT2D eigenvalue weighted by Gasteiger charge is 2.44. The zero-order chi connectivity index (χ0) is 19.8. The molecular formula is C15H28N2O7P2. The molecule has 0 aliphatic rings. The van der Waals surface area contributed by atoms with E-state index >= 15 is 0 Å². The Morgan fingerprint density at radius 2 is 1.62 bits per heavy atom. The highest BCUT2D eigenvalue weighted by Crippen LogP contribution is 2.59. The van der Waals surface area contributed by atoms with Gasteiger partial charge in [-0.05, 0) is 25.5 Å². The Hall–Kier alpha value is -0.950. The number of ether oxygens (including phenoxy) is 1. The first kappa shape index (κ1) is 23.1. The quantitative estimate of drug-likeness (QED) is 0.259. The zero-order valence-corrected chi connectivity index (χ0v) is 16.8. The lowest BCUT2D eigenvalue weighted by Crippen LogP contribution is -2.21. The molecule has 0 saturated carbocycles. The molecule has 0 saturated heterocycles. The molecule has 0 atom stereocenters. The molecule has 1 aromatic heterocycles. The molecule has 0 aliphatic heterocycles. The Bertz CT molecular complexity index is 637. The number of hydrogen-bond donors (Lipinski definition) is 5. The Kier molecular flexibility index (Phi) is 9.24. The number of aromatic nitrogens is 1. The number of aryl methyl sites for hydroxylation is 1. The van der Waals surface area contributed by atoms with Crippen LogP contribution in [0.5, 0.6) is 5.75 Å². The molecule has 0 spiro atoms. The second kappa shape index (κ2) is 10.4. The Balaban J connectivity index is 2.77. The van der Waals surface area contributed by atoms with E-state index in [9.17, 15) is 28.7 Å². The summed E-state index contributed by atoms with van der Waals surface area (Å²) in [7, 11) is -10.2. The number of anilines is 1. The first-order chi connectivity index (χ1) is 12.1. The topological polar surface area (TPSA) is 149 Å². The first-order valence-corrected chi connectivity index (χ1v) is 11.9. The van der Waals surface area contributed by atoms with Crippen molar-refractivity contribution >= 4 is 21.0 Å². The maximum absolute atomic E-state index is 11.4. The van der Waals surface area contributed by atoms with Crippen molar-refractivity contribution in [2.24, 2.45) is 0 Å². The molecule has 0 radical (unpaired) electrons. The van der Waals surface area contributed by atoms with E-state index in [1.54, 1.807) is 19.1 Å². The van der Waals surface area contributed by atoms with E-state index < -0.39 is 20.7 Å². The summed E-state index contributed by atoms with van der Waals surface area (Å²) in [5.74, 6) is 0.0868. The molecule has 0 aliphatic carbocycles. The van der Waals surface area contributed by atoms with Crippen molar-refractivity contribution < 1.29 is 33.4 Å². The number of hydrogen-bond acceptors (Lipinski definition) is 5. The van der Waals surface area contributed by atoms with Gasteiger partial charge in [0.2, 0.25) is 5.52 Å². The van der Waals surface area contributed by atoms with E-state index in [-0.39, 0.29) is 11.6 Å². The maximum atomic E-state index is 11.4. The summed E-state index contributed by atoms with van der Waals surface area (Å²) in [6, 6.07) is 3.20. The van der Waals surface area contributed by atoms with Gasteiger partial charge in [-0.15, -0.1) is 0 Å². The van der Waals surface area contributed by atoms with Gasteiger partial charge in [0.05, 0.1) is 6.61 Å². The molecule has 1 aromatic rings. The molecule has 150 valence electrons. The van der Waals surface area contributed by atoms with Crippen molar-refractivity contribution in [1.82, 2.24) is 4.98 Å². The van der Waals surface area contributed by atoms with Crippen LogP contribution in [-0.4, -0.2) is 36.7 Å². The third-order valence-corrected chi connectivity index (χ3v) is 6.99. The van der Waals surface area contributed by atoms with Crippen molar-refractivity contribution in [3.8, 4) is 5.75 Å². The van der Waals surface area contributed by atoms with Crippen LogP contribution < -0.4 is 10.1 Å². The molecule has 0 amide bonds. The monoisotopic (exact) mass is 410 g/mol. The van der Waals surface area contributed by atoms with Gasteiger partial charge in [0.25, 0.3) is 0 Å². The van der Waals surface area contributed by atoms with Crippen LogP contribution in [0.15, 0.2) is 12.1 Å². The molecular weight excluding hydrogens is 382 g/mol. The summed E-state index contributed by atoms with van der Waals surface area (Å²) in [6.07, 6.45) is 6.44. The number of nitrogens with zero attached hydrogens (tertiary/aromatic N) is 1. The summed E-state index contributed by atoms with van der Waals surface area (Å²) < 4.78 is 28.5. The normalized spacial score (nSPS) is 12.4. The summed E-state index contributed by atoms with van der Waals surface area (Å²) in [5.41, 5.74) is -1.87. The molecule has 11 heteroatoms. The maximum Gasteiger partial charge on any atom is 0.360 e. The molecule has 1 rings (SSSR count). The average Bonchev–Trinajstić information content (AvgIpc) is 2.51. The van der Waals surface area contributed by atoms with Crippen molar-refractivity contribution in [3.63, 3.8) is 0 Å². The minimum Gasteiger partial charge on any atom is -0.490 e. The molecule has 26 heavy (non-hydrogen) atoms. The van der Waals surface area contributed by atoms with E-state index in [4.69, 9.17) is 4.74 Å². The lowest BCUT2D eigenvalue weighted by Gasteiger charge is -2.22. The van der Waals surface area contributed by atoms with E-state index in [0.717, 1.165) is 19.3 Å². The zero-order valence-electron chi connectivity index (χ0n) is 15.0. The lowest BCUT2D eigenvalue weighted by molar-refractivity contribution is 0.304. The molecule has 5 N–H and O–H groups in total. The highest BCUT2D eigenvalue weighted by atomic mass is 31.2. The molecule has 0 unspecified atom stereocenters. The van der Waals surface area contributed by atoms with Gasteiger partial charge >= 0.3 is 15.2 Å². The Morgan fingerprint density at radius 1 is 1.04 bits per heavy atom. The smallest absolute Gasteiger partial charge is 0.360 e. The van der Waals surface area contributed by atoms with Gasteiger partial charge in [0.15, 0.2) is 11.6 Å². The Labute approximate surface area is 153 Å². The lowest BCUT2D eigenvalue weighted by atomic mass is 10.1. The summed E-state index contributed by atoms with van der Waals surface area (Å²) in [5, 5.41) is 2.17. The second-order valence-electron chi connectivity index (χ2n) is 6.11. The highest BCUT2D eigenvalue weighted by molar-refractivity contribution is 7.71. The van der Waals surface area contributed by atoms with Crippen LogP contribution in [0, 0.1) is 6.92 Å². The largest absolute Gasteiger partial charge is 0.490 e. The minimum absolute atomic E-state index is 0.104. The van der Waals surface area contributed by atoms with Gasteiger partial charge in [-0.1, -0.05) is 39.0 Å². The van der Waals surface area contributed by atoms with Crippen LogP contribution in [-0.2, 0) is 9.13 Å². The van der Waals surface area contributed by atoms with Crippen LogP contribution in [0.3, 0.4) is 0 Å². The van der Waals surface area contributed by atoms with Crippen LogP contribution >= 0.6 is 15.2 Å². The molecule has 9 nitrogen and oxygen atoms in total. The van der Waals surface area contributed by atoms with E-state index in [0.29, 0.717) is 12.3 Å². The van der Waals surface area contributed by atoms with Crippen LogP contribution in [0.1, 0.15) is 51.1 Å². The third kappa shape index (κ3) is 8.16. The second-order valence-corrected chi connectivity index (χ2v) is 9.91. The van der Waals surface area contributed by atoms with Gasteiger partial charge < -0.3 is 29.6 Å². The fourth-order valence-corrected chi connectivity index (χ4v) is 4.46. The molecule has 1 heterocycles. The van der Waals surface area contributed by atoms with Gasteiger partial charge in [0.1, 0.15) is 0 Å². The van der Waals surface area contributed by atoms with Gasteiger partial charge in [-0.25, -0.2) is 4.98 Å². The van der Waals surface area contributed by atoms with E-state index in [1.807, 2.05) is 0 Å². The summed E-state index contributed by atoms with van der Waals surface area (Å²) >= 11 is 0. The number of rotatable bonds is 12. The van der Waals surface area contributed by atoms with Gasteiger partial charge in [-0.3, -0.25) is 9.13 Å². The number of nitrogens with one attached hydrogen (secondary N) is 1. The first-order valence-electron chi connectivity index (χ1n) is 8.53. The number of pyridine rings is 1. The minimum atomic E-state index is -5.11. The SMILES string of the molecule is CCCCCCCCOc1ccc(C)nc1NC(P(=O)(O)O)P(=O)(O)O. The van der Waals surface area contributed by atoms with Crippen LogP contribution in [0.4, 0.5) is 5.82 Å². The van der Waals surface area contributed by atoms with Crippen molar-refractivity contribution in [3.05, 3.63) is 17.8 Å². The van der Waals surface area contributed by atoms with Crippen LogP contribution in [0.25, 0.3) is 0 Å². The van der Waals surface area contributed by atoms with Crippen molar-refractivity contribution in [2.75, 3.05) is 11.9 Å². The average molecular weight is 410 g/mol.